The van der Waals surface area contributed by atoms with E-state index in [2.05, 4.69) is 14.7 Å². The van der Waals surface area contributed by atoms with E-state index in [1.807, 2.05) is 0 Å². The monoisotopic (exact) mass is 259 g/mol. The number of nitrogens with two attached hydrogens (primary N) is 2. The van der Waals surface area contributed by atoms with Gasteiger partial charge in [0, 0.05) is 0 Å². The lowest BCUT2D eigenvalue weighted by molar-refractivity contribution is -0.122. The fourth-order valence-corrected chi connectivity index (χ4v) is 2.18. The maximum absolute atomic E-state index is 11.8. The number of aromatic nitrogens is 2. The van der Waals surface area contributed by atoms with Crippen molar-refractivity contribution in [2.24, 2.45) is 5.73 Å². The summed E-state index contributed by atoms with van der Waals surface area (Å²) in [5, 5.41) is 0. The van der Waals surface area contributed by atoms with Crippen LogP contribution in [0.25, 0.3) is 0 Å². The molecule has 1 rings (SSSR count). The Labute approximate surface area is 98.5 Å². The quantitative estimate of drug-likeness (QED) is 0.607. The number of hydrogen-bond donors (Lipinski definition) is 3. The molecule has 8 nitrogen and oxygen atoms in total. The van der Waals surface area contributed by atoms with Gasteiger partial charge in [0.2, 0.25) is 21.9 Å². The Kier molecular flexibility index (Phi) is 3.34. The molecule has 0 aliphatic carbocycles. The molecule has 1 amide bonds. The van der Waals surface area contributed by atoms with Gasteiger partial charge in [-0.15, -0.1) is 0 Å². The lowest BCUT2D eigenvalue weighted by Crippen LogP contribution is -2.52. The van der Waals surface area contributed by atoms with Crippen LogP contribution in [0.15, 0.2) is 17.3 Å². The van der Waals surface area contributed by atoms with E-state index in [1.54, 1.807) is 0 Å². The molecule has 0 unspecified atom stereocenters. The zero-order valence-electron chi connectivity index (χ0n) is 9.34. The minimum absolute atomic E-state index is 0.0434. The standard InChI is InChI=1S/C8H13N5O3S/c1-8(2,6(9)14)13-17(15,16)5-3-11-7(10)12-4-5/h3-4,13H,1-2H3,(H2,9,14)(H2,10,11,12). The third-order valence-electron chi connectivity index (χ3n) is 1.96. The van der Waals surface area contributed by atoms with Gasteiger partial charge in [-0.25, -0.2) is 18.4 Å². The summed E-state index contributed by atoms with van der Waals surface area (Å²) in [5.41, 5.74) is 8.89. The van der Waals surface area contributed by atoms with Crippen molar-refractivity contribution >= 4 is 21.9 Å². The summed E-state index contributed by atoms with van der Waals surface area (Å²) in [6.07, 6.45) is 2.09. The first-order valence-corrected chi connectivity index (χ1v) is 6.05. The molecule has 0 aliphatic rings. The second kappa shape index (κ2) is 4.26. The maximum atomic E-state index is 11.8. The van der Waals surface area contributed by atoms with Crippen LogP contribution in [0.3, 0.4) is 0 Å². The predicted octanol–water partition coefficient (Wildman–Crippen LogP) is -1.40. The average Bonchev–Trinajstić information content (AvgIpc) is 2.16. The Morgan fingerprint density at radius 3 is 2.24 bits per heavy atom. The van der Waals surface area contributed by atoms with Gasteiger partial charge in [-0.3, -0.25) is 4.79 Å². The number of carbonyl (C=O) groups excluding carboxylic acids is 1. The van der Waals surface area contributed by atoms with Gasteiger partial charge in [-0.1, -0.05) is 0 Å². The summed E-state index contributed by atoms with van der Waals surface area (Å²) in [5.74, 6) is -0.837. The minimum atomic E-state index is -3.91. The highest BCUT2D eigenvalue weighted by Crippen LogP contribution is 2.11. The van der Waals surface area contributed by atoms with Crippen molar-refractivity contribution < 1.29 is 13.2 Å². The second-order valence-electron chi connectivity index (χ2n) is 3.87. The van der Waals surface area contributed by atoms with Gasteiger partial charge in [-0.05, 0) is 13.8 Å². The number of hydrogen-bond acceptors (Lipinski definition) is 6. The smallest absolute Gasteiger partial charge is 0.244 e. The zero-order chi connectivity index (χ0) is 13.3. The maximum Gasteiger partial charge on any atom is 0.244 e. The van der Waals surface area contributed by atoms with E-state index in [1.165, 1.54) is 13.8 Å². The molecule has 0 radical (unpaired) electrons. The summed E-state index contributed by atoms with van der Waals surface area (Å²) < 4.78 is 25.8. The van der Waals surface area contributed by atoms with Crippen LogP contribution in [0.4, 0.5) is 5.95 Å². The van der Waals surface area contributed by atoms with Gasteiger partial charge in [0.25, 0.3) is 0 Å². The topological polar surface area (TPSA) is 141 Å². The van der Waals surface area contributed by atoms with Crippen molar-refractivity contribution in [3.63, 3.8) is 0 Å². The molecule has 0 fully saturated rings. The lowest BCUT2D eigenvalue weighted by Gasteiger charge is -2.21. The molecule has 0 aliphatic heterocycles. The second-order valence-corrected chi connectivity index (χ2v) is 5.55. The normalized spacial score (nSPS) is 12.4. The third-order valence-corrected chi connectivity index (χ3v) is 3.57. The van der Waals surface area contributed by atoms with Crippen LogP contribution in [-0.2, 0) is 14.8 Å². The van der Waals surface area contributed by atoms with Crippen LogP contribution < -0.4 is 16.2 Å². The van der Waals surface area contributed by atoms with Crippen molar-refractivity contribution in [2.45, 2.75) is 24.3 Å². The molecule has 1 aromatic rings. The molecule has 94 valence electrons. The molecule has 0 spiro atoms. The number of anilines is 1. The summed E-state index contributed by atoms with van der Waals surface area (Å²) in [4.78, 5) is 17.9. The van der Waals surface area contributed by atoms with Gasteiger partial charge in [0.1, 0.15) is 10.4 Å². The fraction of sp³-hybridized carbons (Fsp3) is 0.375. The lowest BCUT2D eigenvalue weighted by atomic mass is 10.1. The predicted molar refractivity (Wildman–Crippen MR) is 60.0 cm³/mol. The number of carbonyl (C=O) groups is 1. The van der Waals surface area contributed by atoms with Crippen LogP contribution in [0.2, 0.25) is 0 Å². The molecule has 5 N–H and O–H groups in total. The Hall–Kier alpha value is -1.74. The molecule has 0 saturated heterocycles. The highest BCUT2D eigenvalue weighted by molar-refractivity contribution is 7.89. The average molecular weight is 259 g/mol. The van der Waals surface area contributed by atoms with Crippen LogP contribution in [0, 0.1) is 0 Å². The number of nitrogen functional groups attached to an aromatic ring is 1. The van der Waals surface area contributed by atoms with Gasteiger partial charge < -0.3 is 11.5 Å². The van der Waals surface area contributed by atoms with E-state index in [0.29, 0.717) is 0 Å². The molecule has 1 aromatic heterocycles. The van der Waals surface area contributed by atoms with Crippen molar-refractivity contribution in [1.29, 1.82) is 0 Å². The largest absolute Gasteiger partial charge is 0.368 e. The van der Waals surface area contributed by atoms with E-state index in [9.17, 15) is 13.2 Å². The number of rotatable bonds is 4. The number of nitrogens with zero attached hydrogens (tertiary/aromatic N) is 2. The van der Waals surface area contributed by atoms with Crippen LogP contribution in [-0.4, -0.2) is 29.8 Å². The minimum Gasteiger partial charge on any atom is -0.368 e. The fourth-order valence-electron chi connectivity index (χ4n) is 0.910. The molecule has 0 atom stereocenters. The summed E-state index contributed by atoms with van der Waals surface area (Å²) >= 11 is 0. The first-order chi connectivity index (χ1) is 7.65. The molecule has 9 heteroatoms. The summed E-state index contributed by atoms with van der Waals surface area (Å²) in [6.45, 7) is 2.70. The molecule has 0 saturated carbocycles. The molecular formula is C8H13N5O3S. The van der Waals surface area contributed by atoms with E-state index in [-0.39, 0.29) is 10.8 Å². The zero-order valence-corrected chi connectivity index (χ0v) is 10.2. The number of sulfonamides is 1. The van der Waals surface area contributed by atoms with Crippen LogP contribution in [0.5, 0.6) is 0 Å². The number of amides is 1. The van der Waals surface area contributed by atoms with Gasteiger partial charge in [0.05, 0.1) is 12.4 Å². The number of primary amides is 1. The summed E-state index contributed by atoms with van der Waals surface area (Å²) in [6, 6.07) is 0. The van der Waals surface area contributed by atoms with Crippen LogP contribution in [0.1, 0.15) is 13.8 Å². The SMILES string of the molecule is CC(C)(NS(=O)(=O)c1cnc(N)nc1)C(N)=O. The van der Waals surface area contributed by atoms with Crippen molar-refractivity contribution in [3.05, 3.63) is 12.4 Å². The highest BCUT2D eigenvalue weighted by atomic mass is 32.2. The Morgan fingerprint density at radius 2 is 1.82 bits per heavy atom. The third kappa shape index (κ3) is 3.11. The Bertz CT molecular complexity index is 523. The van der Waals surface area contributed by atoms with Gasteiger partial charge in [0.15, 0.2) is 0 Å². The molecule has 0 aromatic carbocycles. The van der Waals surface area contributed by atoms with E-state index >= 15 is 0 Å². The highest BCUT2D eigenvalue weighted by Gasteiger charge is 2.31. The van der Waals surface area contributed by atoms with Crippen molar-refractivity contribution in [3.8, 4) is 0 Å². The Balaban J connectivity index is 3.05. The molecule has 0 bridgehead atoms. The Morgan fingerprint density at radius 1 is 1.35 bits per heavy atom. The van der Waals surface area contributed by atoms with Crippen molar-refractivity contribution in [1.82, 2.24) is 14.7 Å². The van der Waals surface area contributed by atoms with E-state index in [0.717, 1.165) is 12.4 Å². The first kappa shape index (κ1) is 13.3. The van der Waals surface area contributed by atoms with Crippen molar-refractivity contribution in [2.75, 3.05) is 5.73 Å². The first-order valence-electron chi connectivity index (χ1n) is 4.56. The van der Waals surface area contributed by atoms with Gasteiger partial charge in [-0.2, -0.15) is 4.72 Å². The molecule has 1 heterocycles. The molecular weight excluding hydrogens is 246 g/mol. The van der Waals surface area contributed by atoms with Gasteiger partial charge >= 0.3 is 0 Å². The van der Waals surface area contributed by atoms with E-state index < -0.39 is 21.5 Å². The van der Waals surface area contributed by atoms with E-state index in [4.69, 9.17) is 11.5 Å². The summed E-state index contributed by atoms with van der Waals surface area (Å²) in [7, 11) is -3.91. The molecule has 17 heavy (non-hydrogen) atoms. The number of nitrogens with one attached hydrogen (secondary N) is 1. The van der Waals surface area contributed by atoms with Crippen LogP contribution >= 0.6 is 0 Å².